The normalized spacial score (nSPS) is 12.1. The summed E-state index contributed by atoms with van der Waals surface area (Å²) < 4.78 is 0. The van der Waals surface area contributed by atoms with Gasteiger partial charge >= 0.3 is 0 Å². The number of thioether (sulfide) groups is 1. The van der Waals surface area contributed by atoms with Crippen LogP contribution in [0.2, 0.25) is 10.0 Å². The van der Waals surface area contributed by atoms with E-state index in [4.69, 9.17) is 34.3 Å². The molecule has 104 valence electrons. The third kappa shape index (κ3) is 4.17. The first-order valence-electron chi connectivity index (χ1n) is 6.06. The number of amidine groups is 1. The molecule has 2 aromatic carbocycles. The maximum atomic E-state index is 7.53. The Bertz CT molecular complexity index is 602. The van der Waals surface area contributed by atoms with Gasteiger partial charge in [-0.1, -0.05) is 53.5 Å². The highest BCUT2D eigenvalue weighted by molar-refractivity contribution is 7.99. The van der Waals surface area contributed by atoms with Gasteiger partial charge in [-0.2, -0.15) is 0 Å². The summed E-state index contributed by atoms with van der Waals surface area (Å²) in [7, 11) is 0. The molecule has 2 rings (SSSR count). The topological polar surface area (TPSA) is 49.9 Å². The molecule has 0 saturated carbocycles. The van der Waals surface area contributed by atoms with Gasteiger partial charge in [0.1, 0.15) is 0 Å². The molecule has 2 aromatic rings. The van der Waals surface area contributed by atoms with E-state index in [0.717, 1.165) is 10.5 Å². The highest BCUT2D eigenvalue weighted by atomic mass is 35.5. The molecular weight excluding hydrogens is 311 g/mol. The van der Waals surface area contributed by atoms with Crippen molar-refractivity contribution in [3.8, 4) is 0 Å². The molecule has 0 aliphatic rings. The summed E-state index contributed by atoms with van der Waals surface area (Å²) in [6, 6.07) is 15.6. The zero-order chi connectivity index (χ0) is 14.5. The second kappa shape index (κ2) is 7.02. The van der Waals surface area contributed by atoms with E-state index < -0.39 is 0 Å². The first kappa shape index (κ1) is 15.2. The Balaban J connectivity index is 2.23. The second-order valence-corrected chi connectivity index (χ2v) is 6.41. The first-order valence-corrected chi connectivity index (χ1v) is 7.69. The summed E-state index contributed by atoms with van der Waals surface area (Å²) in [5.74, 6) is 0.173. The fourth-order valence-electron chi connectivity index (χ4n) is 1.81. The Morgan fingerprint density at radius 2 is 1.80 bits per heavy atom. The maximum absolute atomic E-state index is 7.53. The van der Waals surface area contributed by atoms with Gasteiger partial charge in [0, 0.05) is 16.6 Å². The summed E-state index contributed by atoms with van der Waals surface area (Å²) in [6.45, 7) is 0. The third-order valence-corrected chi connectivity index (χ3v) is 4.73. The van der Waals surface area contributed by atoms with E-state index in [9.17, 15) is 0 Å². The zero-order valence-corrected chi connectivity index (χ0v) is 13.0. The molecule has 0 aromatic heterocycles. The molecule has 0 aliphatic heterocycles. The van der Waals surface area contributed by atoms with Crippen LogP contribution in [-0.4, -0.2) is 5.84 Å². The summed E-state index contributed by atoms with van der Waals surface area (Å²) in [6.07, 6.45) is 0.495. The van der Waals surface area contributed by atoms with Crippen LogP contribution in [0.4, 0.5) is 0 Å². The Kier molecular flexibility index (Phi) is 5.35. The minimum Gasteiger partial charge on any atom is -0.388 e. The number of hydrogen-bond acceptors (Lipinski definition) is 2. The number of hydrogen-bond donors (Lipinski definition) is 2. The predicted octanol–water partition coefficient (Wildman–Crippen LogP) is 5.15. The minimum atomic E-state index is 0.0888. The van der Waals surface area contributed by atoms with Gasteiger partial charge in [-0.15, -0.1) is 11.8 Å². The molecule has 0 aliphatic carbocycles. The van der Waals surface area contributed by atoms with Crippen molar-refractivity contribution >= 4 is 40.8 Å². The van der Waals surface area contributed by atoms with Crippen molar-refractivity contribution in [1.82, 2.24) is 0 Å². The maximum Gasteiger partial charge on any atom is 0.0920 e. The van der Waals surface area contributed by atoms with Gasteiger partial charge in [0.25, 0.3) is 0 Å². The van der Waals surface area contributed by atoms with Crippen molar-refractivity contribution in [2.24, 2.45) is 5.73 Å². The van der Waals surface area contributed by atoms with E-state index >= 15 is 0 Å². The smallest absolute Gasteiger partial charge is 0.0920 e. The fourth-order valence-corrected chi connectivity index (χ4v) is 3.39. The third-order valence-electron chi connectivity index (χ3n) is 2.75. The van der Waals surface area contributed by atoms with Crippen LogP contribution in [0.3, 0.4) is 0 Å². The van der Waals surface area contributed by atoms with Crippen molar-refractivity contribution in [3.05, 3.63) is 64.1 Å². The Hall–Kier alpha value is -1.16. The van der Waals surface area contributed by atoms with E-state index in [2.05, 4.69) is 0 Å². The molecule has 0 radical (unpaired) electrons. The number of halogens is 2. The van der Waals surface area contributed by atoms with E-state index in [-0.39, 0.29) is 11.1 Å². The number of nitrogens with two attached hydrogens (primary N) is 1. The van der Waals surface area contributed by atoms with Crippen LogP contribution < -0.4 is 5.73 Å². The zero-order valence-electron chi connectivity index (χ0n) is 10.6. The standard InChI is InChI=1S/C15H14Cl2N2S/c16-12-7-6-11(8-13(12)17)20-14(9-15(18)19)10-4-2-1-3-5-10/h1-8,14H,9H2,(H3,18,19). The van der Waals surface area contributed by atoms with Crippen molar-refractivity contribution in [2.45, 2.75) is 16.6 Å². The summed E-state index contributed by atoms with van der Waals surface area (Å²) in [5.41, 5.74) is 6.70. The Morgan fingerprint density at radius 1 is 1.10 bits per heavy atom. The van der Waals surface area contributed by atoms with Crippen molar-refractivity contribution in [2.75, 3.05) is 0 Å². The molecule has 2 nitrogen and oxygen atoms in total. The lowest BCUT2D eigenvalue weighted by molar-refractivity contribution is 0.985. The van der Waals surface area contributed by atoms with Gasteiger partial charge in [0.15, 0.2) is 0 Å². The van der Waals surface area contributed by atoms with E-state index in [1.807, 2.05) is 42.5 Å². The van der Waals surface area contributed by atoms with Gasteiger partial charge in [-0.3, -0.25) is 5.41 Å². The van der Waals surface area contributed by atoms with Crippen molar-refractivity contribution < 1.29 is 0 Å². The van der Waals surface area contributed by atoms with Gasteiger partial charge < -0.3 is 5.73 Å². The number of rotatable bonds is 5. The molecule has 1 atom stereocenters. The molecule has 0 saturated heterocycles. The highest BCUT2D eigenvalue weighted by Crippen LogP contribution is 2.39. The molecule has 0 bridgehead atoms. The predicted molar refractivity (Wildman–Crippen MR) is 88.0 cm³/mol. The Morgan fingerprint density at radius 3 is 2.40 bits per heavy atom. The Labute approximate surface area is 132 Å². The van der Waals surface area contributed by atoms with Gasteiger partial charge in [-0.05, 0) is 23.8 Å². The molecule has 0 fully saturated rings. The monoisotopic (exact) mass is 324 g/mol. The quantitative estimate of drug-likeness (QED) is 0.453. The average Bonchev–Trinajstić information content (AvgIpc) is 2.43. The molecule has 0 heterocycles. The lowest BCUT2D eigenvalue weighted by Gasteiger charge is -2.16. The lowest BCUT2D eigenvalue weighted by Crippen LogP contribution is -2.13. The van der Waals surface area contributed by atoms with Crippen LogP contribution in [0.5, 0.6) is 0 Å². The first-order chi connectivity index (χ1) is 9.56. The summed E-state index contributed by atoms with van der Waals surface area (Å²) in [5, 5.41) is 8.70. The van der Waals surface area contributed by atoms with Crippen molar-refractivity contribution in [3.63, 3.8) is 0 Å². The van der Waals surface area contributed by atoms with Crippen LogP contribution in [0, 0.1) is 5.41 Å². The van der Waals surface area contributed by atoms with Crippen LogP contribution in [0.1, 0.15) is 17.2 Å². The number of benzene rings is 2. The summed E-state index contributed by atoms with van der Waals surface area (Å²) in [4.78, 5) is 1.01. The van der Waals surface area contributed by atoms with E-state index in [0.29, 0.717) is 16.5 Å². The number of nitrogens with one attached hydrogen (secondary N) is 1. The average molecular weight is 325 g/mol. The SMILES string of the molecule is N=C(N)CC(Sc1ccc(Cl)c(Cl)c1)c1ccccc1. The summed E-state index contributed by atoms with van der Waals surface area (Å²) >= 11 is 13.6. The minimum absolute atomic E-state index is 0.0888. The van der Waals surface area contributed by atoms with Crippen LogP contribution in [0.25, 0.3) is 0 Å². The molecule has 1 unspecified atom stereocenters. The molecule has 5 heteroatoms. The fraction of sp³-hybridized carbons (Fsp3) is 0.133. The largest absolute Gasteiger partial charge is 0.388 e. The van der Waals surface area contributed by atoms with E-state index in [1.165, 1.54) is 0 Å². The lowest BCUT2D eigenvalue weighted by atomic mass is 10.1. The highest BCUT2D eigenvalue weighted by Gasteiger charge is 2.15. The molecule has 3 N–H and O–H groups in total. The molecule has 0 spiro atoms. The van der Waals surface area contributed by atoms with Crippen LogP contribution in [0.15, 0.2) is 53.4 Å². The van der Waals surface area contributed by atoms with Crippen LogP contribution in [-0.2, 0) is 0 Å². The van der Waals surface area contributed by atoms with Gasteiger partial charge in [0.05, 0.1) is 15.9 Å². The van der Waals surface area contributed by atoms with Gasteiger partial charge in [0.2, 0.25) is 0 Å². The van der Waals surface area contributed by atoms with Crippen LogP contribution >= 0.6 is 35.0 Å². The van der Waals surface area contributed by atoms with Gasteiger partial charge in [-0.25, -0.2) is 0 Å². The second-order valence-electron chi connectivity index (χ2n) is 4.32. The van der Waals surface area contributed by atoms with Crippen molar-refractivity contribution in [1.29, 1.82) is 5.41 Å². The molecule has 0 amide bonds. The molecule has 20 heavy (non-hydrogen) atoms. The molecular formula is C15H14Cl2N2S. The van der Waals surface area contributed by atoms with E-state index in [1.54, 1.807) is 17.8 Å².